The van der Waals surface area contributed by atoms with Crippen LogP contribution < -0.4 is 24.8 Å². The van der Waals surface area contributed by atoms with Gasteiger partial charge in [-0.1, -0.05) is 19.1 Å². The van der Waals surface area contributed by atoms with Gasteiger partial charge in [0.2, 0.25) is 33.4 Å². The standard InChI is InChI=1S/C42H55F5N6O10S/c1-8-61-26-13-14-28-29(18-26)49-34(32(48-28)42(45,46)47)62-27-19-30-33(54)51-41(36(56)52-64(58,59)39(5)15-16-39)20-25(41)12-10-9-11-23(2)17-24(22-60-7)31(35(55)53(30)21-27)50-37(57)63-38(3,4)40(6,43)44/h10,12-14,18,23-25,27,30-31H,8-9,11,15-17,19-22H2,1-7H3,(H,50,57)(H,51,54)(H,52,56)/b12-10-/t23-,24+,25-,27-,30+,31+,41-/m1/s1. The summed E-state index contributed by atoms with van der Waals surface area (Å²) in [6.07, 6.45) is -3.07. The maximum Gasteiger partial charge on any atom is 0.438 e. The van der Waals surface area contributed by atoms with E-state index in [-0.39, 0.29) is 48.8 Å². The summed E-state index contributed by atoms with van der Waals surface area (Å²) in [6, 6.07) is 0.854. The van der Waals surface area contributed by atoms with Crippen LogP contribution in [0.3, 0.4) is 0 Å². The van der Waals surface area contributed by atoms with Crippen molar-refractivity contribution in [3.05, 3.63) is 36.0 Å². The first-order chi connectivity index (χ1) is 29.7. The van der Waals surface area contributed by atoms with Crippen LogP contribution in [0.15, 0.2) is 30.4 Å². The number of ether oxygens (including phenoxy) is 4. The first-order valence-corrected chi connectivity index (χ1v) is 22.6. The fraction of sp³-hybridized carbons (Fsp3) is 0.667. The second-order valence-corrected chi connectivity index (χ2v) is 20.3. The number of amides is 4. The number of sulfonamides is 1. The number of fused-ring (bicyclic) bond motifs is 3. The van der Waals surface area contributed by atoms with Crippen molar-refractivity contribution < 1.29 is 68.5 Å². The van der Waals surface area contributed by atoms with Crippen LogP contribution in [-0.2, 0) is 40.1 Å². The van der Waals surface area contributed by atoms with Gasteiger partial charge in [-0.2, -0.15) is 13.2 Å². The number of aromatic nitrogens is 2. The maximum atomic E-state index is 15.0. The highest BCUT2D eigenvalue weighted by Gasteiger charge is 2.63. The van der Waals surface area contributed by atoms with Crippen molar-refractivity contribution in [2.75, 3.05) is 26.9 Å². The van der Waals surface area contributed by atoms with Crippen molar-refractivity contribution in [2.45, 2.75) is 133 Å². The first-order valence-electron chi connectivity index (χ1n) is 21.1. The maximum absolute atomic E-state index is 15.0. The monoisotopic (exact) mass is 930 g/mol. The normalized spacial score (nSPS) is 28.1. The highest BCUT2D eigenvalue weighted by molar-refractivity contribution is 7.91. The molecular formula is C42H55F5N6O10S. The molecule has 3 N–H and O–H groups in total. The molecule has 0 spiro atoms. The van der Waals surface area contributed by atoms with Gasteiger partial charge >= 0.3 is 12.3 Å². The van der Waals surface area contributed by atoms with Crippen LogP contribution in [0.5, 0.6) is 11.6 Å². The summed E-state index contributed by atoms with van der Waals surface area (Å²) in [4.78, 5) is 66.0. The minimum atomic E-state index is -5.08. The average Bonchev–Trinajstić information content (AvgIpc) is 4.07. The lowest BCUT2D eigenvalue weighted by Crippen LogP contribution is -2.60. The molecule has 0 radical (unpaired) electrons. The number of carbonyl (C=O) groups excluding carboxylic acids is 4. The summed E-state index contributed by atoms with van der Waals surface area (Å²) >= 11 is 0. The molecule has 1 aromatic heterocycles. The third-order valence-corrected chi connectivity index (χ3v) is 14.8. The predicted molar refractivity (Wildman–Crippen MR) is 220 cm³/mol. The minimum absolute atomic E-state index is 0.0153. The molecule has 4 amide bonds. The fourth-order valence-corrected chi connectivity index (χ4v) is 9.28. The number of hydrogen-bond acceptors (Lipinski definition) is 12. The van der Waals surface area contributed by atoms with Gasteiger partial charge in [-0.25, -0.2) is 32.0 Å². The number of alkyl carbamates (subject to hydrolysis) is 1. The Labute approximate surface area is 367 Å². The van der Waals surface area contributed by atoms with E-state index in [9.17, 15) is 44.8 Å². The third kappa shape index (κ3) is 10.3. The average molecular weight is 931 g/mol. The molecule has 2 aliphatic carbocycles. The van der Waals surface area contributed by atoms with Crippen LogP contribution >= 0.6 is 0 Å². The van der Waals surface area contributed by atoms with Crippen molar-refractivity contribution in [3.63, 3.8) is 0 Å². The molecule has 2 aromatic rings. The van der Waals surface area contributed by atoms with Gasteiger partial charge < -0.3 is 34.5 Å². The molecule has 16 nitrogen and oxygen atoms in total. The zero-order valence-corrected chi connectivity index (χ0v) is 37.5. The van der Waals surface area contributed by atoms with Crippen molar-refractivity contribution in [1.82, 2.24) is 30.2 Å². The molecule has 64 heavy (non-hydrogen) atoms. The van der Waals surface area contributed by atoms with E-state index in [2.05, 4.69) is 25.3 Å². The van der Waals surface area contributed by atoms with E-state index in [0.717, 1.165) is 18.7 Å². The molecule has 1 saturated heterocycles. The smallest absolute Gasteiger partial charge is 0.438 e. The topological polar surface area (TPSA) is 204 Å². The number of hydrogen-bond donors (Lipinski definition) is 3. The molecule has 22 heteroatoms. The van der Waals surface area contributed by atoms with E-state index in [1.807, 2.05) is 6.92 Å². The van der Waals surface area contributed by atoms with Gasteiger partial charge in [0.1, 0.15) is 29.5 Å². The van der Waals surface area contributed by atoms with Crippen molar-refractivity contribution in [1.29, 1.82) is 0 Å². The zero-order valence-electron chi connectivity index (χ0n) is 36.6. The van der Waals surface area contributed by atoms with E-state index in [1.165, 1.54) is 32.2 Å². The van der Waals surface area contributed by atoms with Gasteiger partial charge in [0.05, 0.1) is 35.5 Å². The molecule has 4 aliphatic rings. The Bertz CT molecular complexity index is 2270. The SMILES string of the molecule is CCOc1ccc2nc(C(F)(F)F)c(O[C@@H]3C[C@H]4C(=O)N[C@]5(C(=O)NS(=O)(=O)C6(C)CC6)C[C@H]5/C=C\CC[C@@H](C)C[C@@H](COC)[C@H](NC(=O)OC(C)(C)C(C)(F)F)C(=O)N4C3)nc2c1. The minimum Gasteiger partial charge on any atom is -0.494 e. The molecular weight excluding hydrogens is 876 g/mol. The number of halogens is 5. The van der Waals surface area contributed by atoms with E-state index >= 15 is 4.79 Å². The Balaban J connectivity index is 1.42. The Morgan fingerprint density at radius 1 is 1.05 bits per heavy atom. The highest BCUT2D eigenvalue weighted by Crippen LogP contribution is 2.48. The summed E-state index contributed by atoms with van der Waals surface area (Å²) in [6.45, 7) is 7.09. The van der Waals surface area contributed by atoms with Crippen LogP contribution in [0.1, 0.15) is 92.2 Å². The number of carbonyl (C=O) groups is 4. The van der Waals surface area contributed by atoms with Gasteiger partial charge in [0.15, 0.2) is 5.60 Å². The summed E-state index contributed by atoms with van der Waals surface area (Å²) in [5.41, 5.74) is -5.80. The summed E-state index contributed by atoms with van der Waals surface area (Å²) in [7, 11) is -2.83. The molecule has 7 atom stereocenters. The molecule has 1 aromatic carbocycles. The Morgan fingerprint density at radius 3 is 2.38 bits per heavy atom. The molecule has 0 bridgehead atoms. The number of nitrogens with zero attached hydrogens (tertiary/aromatic N) is 3. The van der Waals surface area contributed by atoms with E-state index in [4.69, 9.17) is 18.9 Å². The van der Waals surface area contributed by atoms with Crippen molar-refractivity contribution >= 4 is 44.9 Å². The number of methoxy groups -OCH3 is 1. The number of rotatable bonds is 12. The Morgan fingerprint density at radius 2 is 1.75 bits per heavy atom. The Kier molecular flexibility index (Phi) is 13.5. The Hall–Kier alpha value is -4.86. The van der Waals surface area contributed by atoms with Crippen LogP contribution in [-0.4, -0.2) is 114 Å². The van der Waals surface area contributed by atoms with E-state index in [1.54, 1.807) is 19.1 Å². The van der Waals surface area contributed by atoms with Gasteiger partial charge in [-0.15, -0.1) is 0 Å². The predicted octanol–water partition coefficient (Wildman–Crippen LogP) is 5.44. The van der Waals surface area contributed by atoms with Crippen LogP contribution in [0.2, 0.25) is 0 Å². The fourth-order valence-electron chi connectivity index (χ4n) is 7.97. The van der Waals surface area contributed by atoms with Crippen molar-refractivity contribution in [2.24, 2.45) is 17.8 Å². The molecule has 0 unspecified atom stereocenters. The zero-order chi connectivity index (χ0) is 47.2. The van der Waals surface area contributed by atoms with E-state index in [0.29, 0.717) is 32.6 Å². The largest absolute Gasteiger partial charge is 0.494 e. The lowest BCUT2D eigenvalue weighted by molar-refractivity contribution is -0.152. The van der Waals surface area contributed by atoms with Crippen LogP contribution in [0, 0.1) is 17.8 Å². The molecule has 2 saturated carbocycles. The highest BCUT2D eigenvalue weighted by atomic mass is 32.2. The molecule has 3 fully saturated rings. The second-order valence-electron chi connectivity index (χ2n) is 18.1. The first kappa shape index (κ1) is 48.6. The number of benzene rings is 1. The molecule has 2 aliphatic heterocycles. The lowest BCUT2D eigenvalue weighted by atomic mass is 9.87. The summed E-state index contributed by atoms with van der Waals surface area (Å²) in [5, 5.41) is 5.10. The molecule has 354 valence electrons. The number of nitrogens with one attached hydrogen (secondary N) is 3. The van der Waals surface area contributed by atoms with Gasteiger partial charge in [0, 0.05) is 38.4 Å². The summed E-state index contributed by atoms with van der Waals surface area (Å²) in [5.74, 6) is -8.88. The van der Waals surface area contributed by atoms with Crippen LogP contribution in [0.4, 0.5) is 26.7 Å². The third-order valence-electron chi connectivity index (χ3n) is 12.6. The van der Waals surface area contributed by atoms with Gasteiger partial charge in [-0.05, 0) is 84.3 Å². The molecule has 6 rings (SSSR count). The lowest BCUT2D eigenvalue weighted by Gasteiger charge is -2.35. The quantitative estimate of drug-likeness (QED) is 0.180. The van der Waals surface area contributed by atoms with E-state index < -0.39 is 116 Å². The number of allylic oxidation sites excluding steroid dienone is 1. The van der Waals surface area contributed by atoms with Gasteiger partial charge in [0.25, 0.3) is 11.8 Å². The second kappa shape index (κ2) is 17.8. The van der Waals surface area contributed by atoms with Gasteiger partial charge in [-0.3, -0.25) is 19.1 Å². The number of alkyl halides is 5. The van der Waals surface area contributed by atoms with Crippen LogP contribution in [0.25, 0.3) is 11.0 Å². The summed E-state index contributed by atoms with van der Waals surface area (Å²) < 4.78 is 122. The molecule has 3 heterocycles. The van der Waals surface area contributed by atoms with Crippen molar-refractivity contribution in [3.8, 4) is 11.6 Å².